The van der Waals surface area contributed by atoms with Gasteiger partial charge in [-0.3, -0.25) is 0 Å². The van der Waals surface area contributed by atoms with Gasteiger partial charge >= 0.3 is 6.18 Å². The van der Waals surface area contributed by atoms with Crippen molar-refractivity contribution in [1.29, 1.82) is 0 Å². The highest BCUT2D eigenvalue weighted by atomic mass is 32.2. The first-order valence-corrected chi connectivity index (χ1v) is 11.1. The van der Waals surface area contributed by atoms with Gasteiger partial charge in [-0.05, 0) is 30.3 Å². The number of aromatic nitrogens is 1. The number of hydrogen-bond acceptors (Lipinski definition) is 7. The summed E-state index contributed by atoms with van der Waals surface area (Å²) in [6, 6.07) is 5.31. The first-order valence-electron chi connectivity index (χ1n) is 7.67. The molecule has 0 aliphatic rings. The van der Waals surface area contributed by atoms with Crippen LogP contribution in [0.1, 0.15) is 5.56 Å². The number of anilines is 2. The second kappa shape index (κ2) is 7.93. The molecule has 154 valence electrons. The van der Waals surface area contributed by atoms with Crippen LogP contribution in [0.15, 0.2) is 46.3 Å². The molecule has 0 fully saturated rings. The van der Waals surface area contributed by atoms with E-state index in [-0.39, 0.29) is 34.4 Å². The zero-order valence-corrected chi connectivity index (χ0v) is 16.1. The summed E-state index contributed by atoms with van der Waals surface area (Å²) >= 11 is 0. The van der Waals surface area contributed by atoms with Crippen molar-refractivity contribution >= 4 is 31.4 Å². The van der Waals surface area contributed by atoms with E-state index < -0.39 is 31.6 Å². The lowest BCUT2D eigenvalue weighted by Crippen LogP contribution is -2.19. The minimum atomic E-state index is -4.57. The van der Waals surface area contributed by atoms with Crippen LogP contribution in [0.25, 0.3) is 0 Å². The van der Waals surface area contributed by atoms with E-state index in [4.69, 9.17) is 5.14 Å². The number of sulfone groups is 1. The highest BCUT2D eigenvalue weighted by Crippen LogP contribution is 2.33. The van der Waals surface area contributed by atoms with Gasteiger partial charge in [0.2, 0.25) is 10.0 Å². The Kier molecular flexibility index (Phi) is 6.21. The molecule has 2 rings (SSSR count). The van der Waals surface area contributed by atoms with Gasteiger partial charge in [-0.2, -0.15) is 13.2 Å². The average molecular weight is 438 g/mol. The van der Waals surface area contributed by atoms with Crippen LogP contribution in [0.3, 0.4) is 0 Å². The van der Waals surface area contributed by atoms with Gasteiger partial charge in [-0.1, -0.05) is 0 Å². The Morgan fingerprint density at radius 3 is 2.29 bits per heavy atom. The van der Waals surface area contributed by atoms with Crippen molar-refractivity contribution in [2.75, 3.05) is 30.0 Å². The van der Waals surface area contributed by atoms with E-state index >= 15 is 0 Å². The summed E-state index contributed by atoms with van der Waals surface area (Å²) in [7, 11) is -7.90. The second-order valence-electron chi connectivity index (χ2n) is 5.73. The molecule has 1 heterocycles. The van der Waals surface area contributed by atoms with Crippen LogP contribution in [-0.2, 0) is 26.0 Å². The molecule has 0 unspecified atom stereocenters. The first-order chi connectivity index (χ1) is 12.8. The van der Waals surface area contributed by atoms with Crippen LogP contribution >= 0.6 is 0 Å². The topological polar surface area (TPSA) is 131 Å². The number of rotatable bonds is 7. The Morgan fingerprint density at radius 2 is 1.71 bits per heavy atom. The lowest BCUT2D eigenvalue weighted by molar-refractivity contribution is -0.137. The minimum absolute atomic E-state index is 0.0137. The Labute approximate surface area is 159 Å². The number of benzene rings is 1. The second-order valence-corrected chi connectivity index (χ2v) is 9.27. The van der Waals surface area contributed by atoms with Crippen LogP contribution < -0.4 is 15.8 Å². The molecular formula is C15H17F3N4O4S2. The smallest absolute Gasteiger partial charge is 0.382 e. The SMILES string of the molecule is CS(=O)(=O)c1cc(S(N)(=O)=O)ccc1NCCNc1ncccc1C(F)(F)F. The maximum absolute atomic E-state index is 12.9. The zero-order valence-electron chi connectivity index (χ0n) is 14.5. The molecule has 0 amide bonds. The summed E-state index contributed by atoms with van der Waals surface area (Å²) in [6.07, 6.45) is -2.47. The van der Waals surface area contributed by atoms with Crippen LogP contribution in [0.2, 0.25) is 0 Å². The van der Waals surface area contributed by atoms with Gasteiger partial charge in [-0.25, -0.2) is 27.0 Å². The van der Waals surface area contributed by atoms with Crippen LogP contribution in [0.5, 0.6) is 0 Å². The summed E-state index contributed by atoms with van der Waals surface area (Å²) in [5.41, 5.74) is -0.835. The molecule has 0 spiro atoms. The standard InChI is InChI=1S/C15H17F3N4O4S2/c1-27(23,24)13-9-10(28(19,25)26)4-5-12(13)20-7-8-22-14-11(15(16,17)18)3-2-6-21-14/h2-6,9,20H,7-8H2,1H3,(H,21,22)(H2,19,25,26). The fraction of sp³-hybridized carbons (Fsp3) is 0.267. The highest BCUT2D eigenvalue weighted by molar-refractivity contribution is 7.91. The molecule has 13 heteroatoms. The van der Waals surface area contributed by atoms with Crippen molar-refractivity contribution in [2.24, 2.45) is 5.14 Å². The molecule has 0 atom stereocenters. The van der Waals surface area contributed by atoms with E-state index in [1.807, 2.05) is 0 Å². The first kappa shape index (κ1) is 21.9. The number of hydrogen-bond donors (Lipinski definition) is 3. The van der Waals surface area contributed by atoms with Gasteiger partial charge in [0, 0.05) is 25.5 Å². The summed E-state index contributed by atoms with van der Waals surface area (Å²) in [5.74, 6) is -0.357. The van der Waals surface area contributed by atoms with Crippen LogP contribution in [0.4, 0.5) is 24.7 Å². The van der Waals surface area contributed by atoms with Crippen molar-refractivity contribution in [3.63, 3.8) is 0 Å². The lowest BCUT2D eigenvalue weighted by Gasteiger charge is -2.15. The number of alkyl halides is 3. The Bertz CT molecular complexity index is 1070. The molecule has 2 aromatic rings. The normalized spacial score (nSPS) is 12.6. The van der Waals surface area contributed by atoms with E-state index in [1.54, 1.807) is 0 Å². The quantitative estimate of drug-likeness (QED) is 0.561. The summed E-state index contributed by atoms with van der Waals surface area (Å²) in [4.78, 5) is 2.98. The molecule has 0 saturated heterocycles. The number of pyridine rings is 1. The molecule has 0 saturated carbocycles. The summed E-state index contributed by atoms with van der Waals surface area (Å²) < 4.78 is 85.4. The third-order valence-corrected chi connectivity index (χ3v) is 5.57. The van der Waals surface area contributed by atoms with E-state index in [2.05, 4.69) is 15.6 Å². The summed E-state index contributed by atoms with van der Waals surface area (Å²) in [6.45, 7) is 0.0192. The third kappa shape index (κ3) is 5.56. The number of halogens is 3. The number of primary sulfonamides is 1. The monoisotopic (exact) mass is 438 g/mol. The van der Waals surface area contributed by atoms with Crippen LogP contribution in [0, 0.1) is 0 Å². The van der Waals surface area contributed by atoms with Gasteiger partial charge in [0.05, 0.1) is 21.0 Å². The van der Waals surface area contributed by atoms with Crippen molar-refractivity contribution in [3.05, 3.63) is 42.1 Å². The largest absolute Gasteiger partial charge is 0.419 e. The molecule has 0 aliphatic heterocycles. The van der Waals surface area contributed by atoms with Gasteiger partial charge in [0.25, 0.3) is 0 Å². The van der Waals surface area contributed by atoms with E-state index in [9.17, 15) is 30.0 Å². The van der Waals surface area contributed by atoms with Crippen molar-refractivity contribution < 1.29 is 30.0 Å². The Hall–Kier alpha value is -2.38. The van der Waals surface area contributed by atoms with Crippen molar-refractivity contribution in [1.82, 2.24) is 4.98 Å². The van der Waals surface area contributed by atoms with Crippen molar-refractivity contribution in [3.8, 4) is 0 Å². The van der Waals surface area contributed by atoms with E-state index in [0.717, 1.165) is 30.5 Å². The molecule has 1 aromatic carbocycles. The number of nitrogens with one attached hydrogen (secondary N) is 2. The van der Waals surface area contributed by atoms with Gasteiger partial charge in [-0.15, -0.1) is 0 Å². The molecule has 0 bridgehead atoms. The Balaban J connectivity index is 2.14. The molecule has 4 N–H and O–H groups in total. The molecule has 8 nitrogen and oxygen atoms in total. The minimum Gasteiger partial charge on any atom is -0.382 e. The van der Waals surface area contributed by atoms with Gasteiger partial charge in [0.15, 0.2) is 9.84 Å². The van der Waals surface area contributed by atoms with E-state index in [1.165, 1.54) is 12.3 Å². The zero-order chi connectivity index (χ0) is 21.2. The predicted molar refractivity (Wildman–Crippen MR) is 97.1 cm³/mol. The molecule has 28 heavy (non-hydrogen) atoms. The fourth-order valence-corrected chi connectivity index (χ4v) is 3.78. The highest BCUT2D eigenvalue weighted by Gasteiger charge is 2.33. The number of sulfonamides is 1. The molecule has 0 aliphatic carbocycles. The summed E-state index contributed by atoms with van der Waals surface area (Å²) in [5, 5.41) is 10.3. The predicted octanol–water partition coefficient (Wildman–Crippen LogP) is 1.68. The molecular weight excluding hydrogens is 421 g/mol. The van der Waals surface area contributed by atoms with Crippen molar-refractivity contribution in [2.45, 2.75) is 16.0 Å². The Morgan fingerprint density at radius 1 is 1.07 bits per heavy atom. The van der Waals surface area contributed by atoms with Crippen LogP contribution in [-0.4, -0.2) is 41.2 Å². The maximum Gasteiger partial charge on any atom is 0.419 e. The average Bonchev–Trinajstić information content (AvgIpc) is 2.56. The van der Waals surface area contributed by atoms with Gasteiger partial charge in [0.1, 0.15) is 5.82 Å². The fourth-order valence-electron chi connectivity index (χ4n) is 2.29. The lowest BCUT2D eigenvalue weighted by atomic mass is 10.2. The number of nitrogens with zero attached hydrogens (tertiary/aromatic N) is 1. The maximum atomic E-state index is 12.9. The van der Waals surface area contributed by atoms with E-state index in [0.29, 0.717) is 0 Å². The molecule has 1 aromatic heterocycles. The molecule has 0 radical (unpaired) electrons. The number of nitrogens with two attached hydrogens (primary N) is 1. The third-order valence-electron chi connectivity index (χ3n) is 3.53. The van der Waals surface area contributed by atoms with Gasteiger partial charge < -0.3 is 10.6 Å².